The number of hydrogen-bond donors (Lipinski definition) is 2. The van der Waals surface area contributed by atoms with Crippen molar-refractivity contribution in [1.29, 1.82) is 0 Å². The van der Waals surface area contributed by atoms with Gasteiger partial charge in [0.15, 0.2) is 28.7 Å². The molecule has 0 amide bonds. The Morgan fingerprint density at radius 3 is 2.57 bits per heavy atom. The van der Waals surface area contributed by atoms with Crippen molar-refractivity contribution >= 4 is 34.0 Å². The van der Waals surface area contributed by atoms with E-state index in [4.69, 9.17) is 22.4 Å². The Labute approximate surface area is 171 Å². The molecular weight excluding hydrogens is 428 g/mol. The van der Waals surface area contributed by atoms with Crippen molar-refractivity contribution < 1.29 is 22.7 Å². The van der Waals surface area contributed by atoms with Crippen molar-refractivity contribution in [3.63, 3.8) is 0 Å². The summed E-state index contributed by atoms with van der Waals surface area (Å²) in [5.41, 5.74) is 4.93. The fourth-order valence-electron chi connectivity index (χ4n) is 3.29. The monoisotopic (exact) mass is 440 g/mol. The highest BCUT2D eigenvalue weighted by molar-refractivity contribution is 6.38. The molecule has 11 heteroatoms. The van der Waals surface area contributed by atoms with Crippen molar-refractivity contribution in [2.75, 3.05) is 30.3 Å². The Morgan fingerprint density at radius 1 is 1.20 bits per heavy atom. The first-order valence-corrected chi connectivity index (χ1v) is 8.98. The number of aliphatic hydroxyl groups is 1. The molecule has 3 N–H and O–H groups in total. The molecule has 3 heterocycles. The summed E-state index contributed by atoms with van der Waals surface area (Å²) in [4.78, 5) is 17.4. The van der Waals surface area contributed by atoms with E-state index < -0.39 is 46.9 Å². The van der Waals surface area contributed by atoms with Gasteiger partial charge in [0.1, 0.15) is 11.6 Å². The molecule has 3 aromatic rings. The molecule has 1 aliphatic rings. The van der Waals surface area contributed by atoms with Gasteiger partial charge in [-0.1, -0.05) is 11.6 Å². The third kappa shape index (κ3) is 3.08. The zero-order chi connectivity index (χ0) is 21.7. The maximum absolute atomic E-state index is 14.8. The van der Waals surface area contributed by atoms with E-state index in [1.807, 2.05) is 0 Å². The summed E-state index contributed by atoms with van der Waals surface area (Å²) < 4.78 is 57.3. The number of nitrogen functional groups attached to an aromatic ring is 1. The van der Waals surface area contributed by atoms with E-state index in [-0.39, 0.29) is 40.3 Å². The van der Waals surface area contributed by atoms with Gasteiger partial charge in [-0.15, -0.1) is 0 Å². The molecule has 6 nitrogen and oxygen atoms in total. The molecule has 30 heavy (non-hydrogen) atoms. The van der Waals surface area contributed by atoms with Gasteiger partial charge in [-0.05, 0) is 6.07 Å². The fraction of sp³-hybridized carbons (Fsp3) is 0.158. The number of fused-ring (bicyclic) bond motifs is 1. The van der Waals surface area contributed by atoms with Gasteiger partial charge in [-0.2, -0.15) is 0 Å². The number of hydrogen-bond acceptors (Lipinski definition) is 5. The molecule has 2 aromatic heterocycles. The lowest BCUT2D eigenvalue weighted by atomic mass is 10.0. The molecule has 0 saturated carbocycles. The topological polar surface area (TPSA) is 84.4 Å². The predicted octanol–water partition coefficient (Wildman–Crippen LogP) is 3.07. The Morgan fingerprint density at radius 2 is 1.90 bits per heavy atom. The van der Waals surface area contributed by atoms with Gasteiger partial charge >= 0.3 is 0 Å². The van der Waals surface area contributed by atoms with Crippen LogP contribution in [0.2, 0.25) is 5.02 Å². The second-order valence-corrected chi connectivity index (χ2v) is 7.03. The first kappa shape index (κ1) is 20.2. The first-order chi connectivity index (χ1) is 14.2. The maximum atomic E-state index is 14.8. The summed E-state index contributed by atoms with van der Waals surface area (Å²) >= 11 is 6.41. The average Bonchev–Trinajstić information content (AvgIpc) is 2.66. The molecule has 0 unspecified atom stereocenters. The summed E-state index contributed by atoms with van der Waals surface area (Å²) in [6, 6.07) is 2.52. The largest absolute Gasteiger partial charge is 0.389 e. The van der Waals surface area contributed by atoms with Crippen LogP contribution in [0.4, 0.5) is 29.1 Å². The summed E-state index contributed by atoms with van der Waals surface area (Å²) in [5.74, 6) is -4.70. The molecule has 1 saturated heterocycles. The van der Waals surface area contributed by atoms with Crippen LogP contribution < -0.4 is 16.1 Å². The van der Waals surface area contributed by atoms with Crippen molar-refractivity contribution in [2.45, 2.75) is 0 Å². The molecule has 1 aromatic carbocycles. The Kier molecular flexibility index (Phi) is 4.91. The smallest absolute Gasteiger partial charge is 0.189 e. The van der Waals surface area contributed by atoms with E-state index in [1.54, 1.807) is 0 Å². The third-order valence-electron chi connectivity index (χ3n) is 4.82. The summed E-state index contributed by atoms with van der Waals surface area (Å²) in [5, 5.41) is 8.47. The van der Waals surface area contributed by atoms with Gasteiger partial charge in [0, 0.05) is 37.0 Å². The van der Waals surface area contributed by atoms with Gasteiger partial charge in [0.2, 0.25) is 0 Å². The minimum atomic E-state index is -1.08. The molecule has 1 fully saturated rings. The summed E-state index contributed by atoms with van der Waals surface area (Å²) in [6.45, 7) is -0.822. The molecule has 1 aliphatic heterocycles. The van der Waals surface area contributed by atoms with Gasteiger partial charge in [0.25, 0.3) is 0 Å². The lowest BCUT2D eigenvalue weighted by molar-refractivity contribution is 0.293. The standard InChI is InChI=1S/C19H13ClF4N4O2/c20-15-16-9(3-10(21)17(15)27-5-8(6-27)13(24)7-29)14(30)1-2-28(16)19-12(23)4-11(22)18(25)26-19/h1-4,29H,5-7H2,(H2,25,26). The third-order valence-corrected chi connectivity index (χ3v) is 5.18. The number of rotatable bonds is 3. The van der Waals surface area contributed by atoms with Crippen molar-refractivity contribution in [1.82, 2.24) is 9.55 Å². The minimum absolute atomic E-state index is 0.0261. The molecule has 4 rings (SSSR count). The highest BCUT2D eigenvalue weighted by Crippen LogP contribution is 2.39. The van der Waals surface area contributed by atoms with E-state index in [9.17, 15) is 22.4 Å². The normalized spacial score (nSPS) is 13.7. The second kappa shape index (κ2) is 7.29. The van der Waals surface area contributed by atoms with Crippen LogP contribution in [0.3, 0.4) is 0 Å². The first-order valence-electron chi connectivity index (χ1n) is 8.60. The van der Waals surface area contributed by atoms with Crippen LogP contribution in [-0.4, -0.2) is 34.4 Å². The average molecular weight is 441 g/mol. The molecule has 0 radical (unpaired) electrons. The molecular formula is C19H13ClF4N4O2. The number of nitrogens with zero attached hydrogens (tertiary/aromatic N) is 3. The summed E-state index contributed by atoms with van der Waals surface area (Å²) in [7, 11) is 0. The highest BCUT2D eigenvalue weighted by Gasteiger charge is 2.30. The fourth-order valence-corrected chi connectivity index (χ4v) is 3.69. The van der Waals surface area contributed by atoms with Gasteiger partial charge < -0.3 is 15.7 Å². The second-order valence-electron chi connectivity index (χ2n) is 6.65. The molecule has 156 valence electrons. The predicted molar refractivity (Wildman–Crippen MR) is 104 cm³/mol. The van der Waals surface area contributed by atoms with Crippen LogP contribution >= 0.6 is 11.6 Å². The van der Waals surface area contributed by atoms with Gasteiger partial charge in [0.05, 0.1) is 28.2 Å². The van der Waals surface area contributed by atoms with Crippen LogP contribution in [0.1, 0.15) is 0 Å². The van der Waals surface area contributed by atoms with Crippen LogP contribution in [0, 0.1) is 17.5 Å². The molecule has 0 aliphatic carbocycles. The van der Waals surface area contributed by atoms with Crippen molar-refractivity contribution in [3.05, 3.63) is 68.5 Å². The SMILES string of the molecule is Nc1nc(-n2ccc(=O)c3cc(F)c(N4CC(=C(F)CO)C4)c(Cl)c32)c(F)cc1F. The quantitative estimate of drug-likeness (QED) is 0.611. The van der Waals surface area contributed by atoms with E-state index in [1.165, 1.54) is 4.90 Å². The van der Waals surface area contributed by atoms with Crippen molar-refractivity contribution in [3.8, 4) is 5.82 Å². The van der Waals surface area contributed by atoms with Gasteiger partial charge in [-0.3, -0.25) is 9.36 Å². The Balaban J connectivity index is 1.96. The molecule has 0 bridgehead atoms. The number of benzene rings is 1. The number of aliphatic hydroxyl groups excluding tert-OH is 1. The lowest BCUT2D eigenvalue weighted by Crippen LogP contribution is -2.41. The van der Waals surface area contributed by atoms with E-state index in [2.05, 4.69) is 4.98 Å². The zero-order valence-corrected chi connectivity index (χ0v) is 15.9. The minimum Gasteiger partial charge on any atom is -0.389 e. The molecule has 0 spiro atoms. The summed E-state index contributed by atoms with van der Waals surface area (Å²) in [6.07, 6.45) is 1.16. The number of pyridine rings is 2. The number of anilines is 2. The zero-order valence-electron chi connectivity index (χ0n) is 15.1. The highest BCUT2D eigenvalue weighted by atomic mass is 35.5. The number of nitrogens with two attached hydrogens (primary N) is 1. The maximum Gasteiger partial charge on any atom is 0.189 e. The number of halogens is 5. The Hall–Kier alpha value is -3.11. The Bertz CT molecular complexity index is 1280. The molecule has 0 atom stereocenters. The number of aromatic nitrogens is 2. The van der Waals surface area contributed by atoms with Gasteiger partial charge in [-0.25, -0.2) is 22.5 Å². The van der Waals surface area contributed by atoms with Crippen molar-refractivity contribution in [2.24, 2.45) is 0 Å². The van der Waals surface area contributed by atoms with E-state index in [0.29, 0.717) is 6.07 Å². The van der Waals surface area contributed by atoms with Crippen LogP contribution in [0.25, 0.3) is 16.7 Å². The lowest BCUT2D eigenvalue weighted by Gasteiger charge is -2.37. The van der Waals surface area contributed by atoms with Crippen LogP contribution in [0.5, 0.6) is 0 Å². The van der Waals surface area contributed by atoms with Crippen LogP contribution in [0.15, 0.2) is 40.6 Å². The van der Waals surface area contributed by atoms with E-state index >= 15 is 0 Å². The van der Waals surface area contributed by atoms with Crippen LogP contribution in [-0.2, 0) is 0 Å². The van der Waals surface area contributed by atoms with E-state index in [0.717, 1.165) is 22.9 Å².